The number of quaternary nitrogens is 1. The Kier molecular flexibility index (Phi) is 6.32. The molecule has 168 valence electrons. The lowest BCUT2D eigenvalue weighted by Crippen LogP contribution is -2.39. The van der Waals surface area contributed by atoms with Gasteiger partial charge in [0.05, 0.1) is 12.0 Å². The van der Waals surface area contributed by atoms with Crippen LogP contribution in [0.2, 0.25) is 0 Å². The van der Waals surface area contributed by atoms with Crippen LogP contribution in [0.3, 0.4) is 0 Å². The third-order valence-corrected chi connectivity index (χ3v) is 5.22. The summed E-state index contributed by atoms with van der Waals surface area (Å²) >= 11 is 0. The first kappa shape index (κ1) is 22.0. The van der Waals surface area contributed by atoms with Crippen LogP contribution in [0.15, 0.2) is 63.9 Å². The van der Waals surface area contributed by atoms with Gasteiger partial charge in [-0.1, -0.05) is 24.3 Å². The van der Waals surface area contributed by atoms with Gasteiger partial charge in [-0.25, -0.2) is 9.78 Å². The fourth-order valence-corrected chi connectivity index (χ4v) is 3.39. The third-order valence-electron chi connectivity index (χ3n) is 5.22. The van der Waals surface area contributed by atoms with Gasteiger partial charge in [0.15, 0.2) is 0 Å². The Balaban J connectivity index is 1.34. The minimum Gasteiger partial charge on any atom is -0.459 e. The average Bonchev–Trinajstić information content (AvgIpc) is 2.79. The summed E-state index contributed by atoms with van der Waals surface area (Å²) in [7, 11) is 0. The monoisotopic (exact) mass is 446 g/mol. The molecule has 0 unspecified atom stereocenters. The van der Waals surface area contributed by atoms with Crippen LogP contribution >= 0.6 is 0 Å². The Hall–Kier alpha value is -4.24. The van der Waals surface area contributed by atoms with Gasteiger partial charge < -0.3 is 25.9 Å². The minimum absolute atomic E-state index is 0.0532. The minimum atomic E-state index is -0.505. The molecular weight excluding hydrogens is 422 g/mol. The number of rotatable bonds is 7. The van der Waals surface area contributed by atoms with E-state index in [4.69, 9.17) is 14.9 Å². The van der Waals surface area contributed by atoms with E-state index in [2.05, 4.69) is 21.0 Å². The number of anilines is 1. The molecule has 0 aliphatic rings. The van der Waals surface area contributed by atoms with Crippen LogP contribution < -0.4 is 27.1 Å². The third kappa shape index (κ3) is 5.34. The molecule has 0 atom stereocenters. The quantitative estimate of drug-likeness (QED) is 0.367. The standard InChI is InChI=1S/C24H23N5O4/c1-14-18-7-6-17(25)10-20(18)33-23(31)19(14)11-22(30)28-12-15-2-4-16(5-3-15)13-32-24-27-9-8-21(26)29-24/h2-10H,11-13,25H2,1H3,(H,28,30)(H2,26,27,29)/p+1. The molecule has 0 saturated heterocycles. The zero-order chi connectivity index (χ0) is 23.4. The Labute approximate surface area is 189 Å². The number of nitrogens with one attached hydrogen (secondary N) is 1. The van der Waals surface area contributed by atoms with Gasteiger partial charge >= 0.3 is 11.6 Å². The highest BCUT2D eigenvalue weighted by molar-refractivity contribution is 5.85. The molecule has 0 radical (unpaired) electrons. The van der Waals surface area contributed by atoms with E-state index in [1.54, 1.807) is 12.1 Å². The topological polar surface area (TPSA) is 148 Å². The summed E-state index contributed by atoms with van der Waals surface area (Å²) in [6.07, 6.45) is 1.48. The lowest BCUT2D eigenvalue weighted by Gasteiger charge is -2.09. The molecule has 0 spiro atoms. The van der Waals surface area contributed by atoms with Crippen LogP contribution in [-0.4, -0.2) is 15.9 Å². The van der Waals surface area contributed by atoms with Gasteiger partial charge in [0.2, 0.25) is 5.91 Å². The second kappa shape index (κ2) is 9.49. The molecule has 0 saturated carbocycles. The molecule has 0 fully saturated rings. The van der Waals surface area contributed by atoms with Gasteiger partial charge in [-0.2, -0.15) is 4.98 Å². The number of amides is 1. The summed E-state index contributed by atoms with van der Waals surface area (Å²) in [5.41, 5.74) is 13.1. The zero-order valence-corrected chi connectivity index (χ0v) is 18.1. The van der Waals surface area contributed by atoms with Crippen molar-refractivity contribution in [2.24, 2.45) is 0 Å². The number of nitrogens with two attached hydrogens (primary N) is 1. The number of carbonyl (C=O) groups is 1. The maximum Gasteiger partial charge on any atom is 0.340 e. The molecule has 4 aromatic rings. The van der Waals surface area contributed by atoms with Crippen molar-refractivity contribution >= 4 is 28.4 Å². The number of fused-ring (bicyclic) bond motifs is 1. The van der Waals surface area contributed by atoms with Crippen molar-refractivity contribution in [1.29, 1.82) is 0 Å². The largest absolute Gasteiger partial charge is 0.459 e. The molecule has 2 heterocycles. The van der Waals surface area contributed by atoms with Crippen molar-refractivity contribution in [2.75, 3.05) is 5.73 Å². The SMILES string of the molecule is Cc1c(CC(=O)NCc2ccc(COc3nccc(N)n3)cc2)c(=O)oc2cc([NH3+])ccc12. The predicted octanol–water partition coefficient (Wildman–Crippen LogP) is 1.78. The molecule has 6 N–H and O–H groups in total. The molecule has 9 heteroatoms. The van der Waals surface area contributed by atoms with Crippen molar-refractivity contribution in [1.82, 2.24) is 15.3 Å². The smallest absolute Gasteiger partial charge is 0.340 e. The summed E-state index contributed by atoms with van der Waals surface area (Å²) in [5, 5.41) is 3.65. The summed E-state index contributed by atoms with van der Waals surface area (Å²) in [6.45, 7) is 2.45. The van der Waals surface area contributed by atoms with E-state index in [-0.39, 0.29) is 18.3 Å². The number of nitrogen functional groups attached to an aromatic ring is 1. The number of carbonyl (C=O) groups excluding carboxylic acids is 1. The normalized spacial score (nSPS) is 10.8. The van der Waals surface area contributed by atoms with Gasteiger partial charge in [0.1, 0.15) is 23.7 Å². The predicted molar refractivity (Wildman–Crippen MR) is 123 cm³/mol. The van der Waals surface area contributed by atoms with Crippen molar-refractivity contribution in [2.45, 2.75) is 26.5 Å². The van der Waals surface area contributed by atoms with Crippen LogP contribution in [0.4, 0.5) is 11.5 Å². The Morgan fingerprint density at radius 3 is 2.67 bits per heavy atom. The van der Waals surface area contributed by atoms with Gasteiger partial charge in [-0.15, -0.1) is 0 Å². The number of aromatic nitrogens is 2. The first-order valence-electron chi connectivity index (χ1n) is 10.3. The summed E-state index contributed by atoms with van der Waals surface area (Å²) in [6, 6.07) is 14.8. The summed E-state index contributed by atoms with van der Waals surface area (Å²) in [4.78, 5) is 32.9. The van der Waals surface area contributed by atoms with Gasteiger partial charge in [-0.3, -0.25) is 4.79 Å². The first-order chi connectivity index (χ1) is 15.9. The van der Waals surface area contributed by atoms with Crippen molar-refractivity contribution in [3.05, 3.63) is 87.4 Å². The molecule has 2 aromatic heterocycles. The highest BCUT2D eigenvalue weighted by atomic mass is 16.5. The van der Waals surface area contributed by atoms with Crippen LogP contribution in [-0.2, 0) is 24.4 Å². The lowest BCUT2D eigenvalue weighted by atomic mass is 10.0. The second-order valence-electron chi connectivity index (χ2n) is 7.65. The molecule has 0 aliphatic carbocycles. The number of aryl methyl sites for hydroxylation is 1. The van der Waals surface area contributed by atoms with Gasteiger partial charge in [0.25, 0.3) is 0 Å². The molecule has 33 heavy (non-hydrogen) atoms. The highest BCUT2D eigenvalue weighted by Crippen LogP contribution is 2.21. The Morgan fingerprint density at radius 1 is 1.15 bits per heavy atom. The lowest BCUT2D eigenvalue weighted by molar-refractivity contribution is -0.254. The van der Waals surface area contributed by atoms with Crippen LogP contribution in [0.25, 0.3) is 11.0 Å². The fraction of sp³-hybridized carbons (Fsp3) is 0.167. The van der Waals surface area contributed by atoms with E-state index in [1.165, 1.54) is 6.20 Å². The van der Waals surface area contributed by atoms with Gasteiger partial charge in [-0.05, 0) is 41.8 Å². The Bertz CT molecular complexity index is 1370. The van der Waals surface area contributed by atoms with Crippen LogP contribution in [0, 0.1) is 6.92 Å². The zero-order valence-electron chi connectivity index (χ0n) is 18.1. The molecule has 9 nitrogen and oxygen atoms in total. The maximum absolute atomic E-state index is 12.5. The number of ether oxygens (including phenoxy) is 1. The Morgan fingerprint density at radius 2 is 1.91 bits per heavy atom. The molecular formula is C24H24N5O4+. The first-order valence-corrected chi connectivity index (χ1v) is 10.3. The van der Waals surface area contributed by atoms with E-state index < -0.39 is 5.63 Å². The maximum atomic E-state index is 12.5. The van der Waals surface area contributed by atoms with E-state index in [1.807, 2.05) is 43.3 Å². The highest BCUT2D eigenvalue weighted by Gasteiger charge is 2.15. The number of hydrogen-bond acceptors (Lipinski definition) is 7. The van der Waals surface area contributed by atoms with Crippen LogP contribution in [0.5, 0.6) is 6.01 Å². The molecule has 0 bridgehead atoms. The number of hydrogen-bond donors (Lipinski definition) is 3. The van der Waals surface area contributed by atoms with E-state index >= 15 is 0 Å². The van der Waals surface area contributed by atoms with Crippen LogP contribution in [0.1, 0.15) is 22.3 Å². The van der Waals surface area contributed by atoms with E-state index in [0.29, 0.717) is 30.1 Å². The summed E-state index contributed by atoms with van der Waals surface area (Å²) < 4.78 is 10.9. The number of benzene rings is 2. The summed E-state index contributed by atoms with van der Waals surface area (Å²) in [5.74, 6) is 0.0832. The fourth-order valence-electron chi connectivity index (χ4n) is 3.39. The van der Waals surface area contributed by atoms with Gasteiger partial charge in [0, 0.05) is 24.2 Å². The molecule has 0 aliphatic heterocycles. The van der Waals surface area contributed by atoms with E-state index in [9.17, 15) is 9.59 Å². The van der Waals surface area contributed by atoms with Crippen molar-refractivity contribution < 1.29 is 19.7 Å². The van der Waals surface area contributed by atoms with E-state index in [0.717, 1.165) is 27.8 Å². The number of nitrogens with zero attached hydrogens (tertiary/aromatic N) is 2. The molecule has 1 amide bonds. The van der Waals surface area contributed by atoms with Crippen molar-refractivity contribution in [3.8, 4) is 6.01 Å². The molecule has 2 aromatic carbocycles. The average molecular weight is 446 g/mol. The second-order valence-corrected chi connectivity index (χ2v) is 7.65. The molecule has 4 rings (SSSR count). The van der Waals surface area contributed by atoms with Crippen molar-refractivity contribution in [3.63, 3.8) is 0 Å².